The van der Waals surface area contributed by atoms with Gasteiger partial charge >= 0.3 is 0 Å². The standard InChI is InChI=1S/C21H27FN2O3S/c1-5-15-7-6-8-16(11-15)27-17-9-10-19(22)18(12-17)14(2)13-28(25,26)21(3,4)20(23)24/h6-12,14H,5,13H2,1-4H3,(H3,23,24). The SMILES string of the molecule is CCc1cccc(Oc2ccc(F)c(C(C)CS(=O)(=O)C(C)(C)C(=N)N)c2)c1. The highest BCUT2D eigenvalue weighted by atomic mass is 32.2. The maximum atomic E-state index is 14.4. The fourth-order valence-electron chi connectivity index (χ4n) is 2.72. The van der Waals surface area contributed by atoms with Crippen molar-refractivity contribution >= 4 is 15.7 Å². The zero-order chi connectivity index (χ0) is 21.1. The molecule has 0 aliphatic rings. The molecule has 0 aliphatic carbocycles. The molecule has 5 nitrogen and oxygen atoms in total. The van der Waals surface area contributed by atoms with Crippen molar-refractivity contribution in [2.45, 2.75) is 44.8 Å². The molecule has 0 saturated carbocycles. The zero-order valence-corrected chi connectivity index (χ0v) is 17.4. The lowest BCUT2D eigenvalue weighted by Crippen LogP contribution is -2.46. The van der Waals surface area contributed by atoms with Crippen molar-refractivity contribution < 1.29 is 17.5 Å². The third kappa shape index (κ3) is 4.70. The van der Waals surface area contributed by atoms with E-state index in [1.807, 2.05) is 31.2 Å². The summed E-state index contributed by atoms with van der Waals surface area (Å²) >= 11 is 0. The highest BCUT2D eigenvalue weighted by Gasteiger charge is 2.38. The van der Waals surface area contributed by atoms with Crippen LogP contribution in [0.25, 0.3) is 0 Å². The lowest BCUT2D eigenvalue weighted by Gasteiger charge is -2.25. The third-order valence-electron chi connectivity index (χ3n) is 4.94. The second kappa shape index (κ2) is 8.31. The Bertz CT molecular complexity index is 971. The molecule has 0 heterocycles. The second-order valence-electron chi connectivity index (χ2n) is 7.39. The minimum atomic E-state index is -3.76. The average Bonchev–Trinajstić information content (AvgIpc) is 2.62. The Morgan fingerprint density at radius 1 is 1.21 bits per heavy atom. The van der Waals surface area contributed by atoms with Crippen LogP contribution in [0.3, 0.4) is 0 Å². The van der Waals surface area contributed by atoms with Gasteiger partial charge in [-0.3, -0.25) is 5.41 Å². The summed E-state index contributed by atoms with van der Waals surface area (Å²) in [6.07, 6.45) is 0.868. The first-order chi connectivity index (χ1) is 13.0. The van der Waals surface area contributed by atoms with Gasteiger partial charge in [0, 0.05) is 0 Å². The number of hydrogen-bond donors (Lipinski definition) is 2. The van der Waals surface area contributed by atoms with Crippen LogP contribution in [0.1, 0.15) is 44.7 Å². The Hall–Kier alpha value is -2.41. The summed E-state index contributed by atoms with van der Waals surface area (Å²) in [4.78, 5) is 0. The Kier molecular flexibility index (Phi) is 6.49. The molecule has 3 N–H and O–H groups in total. The number of amidine groups is 1. The third-order valence-corrected chi connectivity index (χ3v) is 7.65. The molecule has 1 unspecified atom stereocenters. The van der Waals surface area contributed by atoms with E-state index in [-0.39, 0.29) is 11.3 Å². The maximum Gasteiger partial charge on any atom is 0.163 e. The molecule has 0 fully saturated rings. The Labute approximate surface area is 166 Å². The van der Waals surface area contributed by atoms with Crippen LogP contribution in [0.4, 0.5) is 4.39 Å². The summed E-state index contributed by atoms with van der Waals surface area (Å²) in [5.74, 6) is -0.833. The molecule has 28 heavy (non-hydrogen) atoms. The maximum absolute atomic E-state index is 14.4. The van der Waals surface area contributed by atoms with Crippen LogP contribution in [-0.4, -0.2) is 24.8 Å². The summed E-state index contributed by atoms with van der Waals surface area (Å²) in [5.41, 5.74) is 6.80. The van der Waals surface area contributed by atoms with Gasteiger partial charge in [-0.1, -0.05) is 26.0 Å². The van der Waals surface area contributed by atoms with Gasteiger partial charge < -0.3 is 10.5 Å². The molecule has 2 aromatic carbocycles. The van der Waals surface area contributed by atoms with Crippen LogP contribution in [0.5, 0.6) is 11.5 Å². The van der Waals surface area contributed by atoms with Gasteiger partial charge in [-0.2, -0.15) is 0 Å². The zero-order valence-electron chi connectivity index (χ0n) is 16.6. The lowest BCUT2D eigenvalue weighted by molar-refractivity contribution is 0.477. The molecule has 2 aromatic rings. The predicted molar refractivity (Wildman–Crippen MR) is 110 cm³/mol. The molecular formula is C21H27FN2O3S. The summed E-state index contributed by atoms with van der Waals surface area (Å²) in [7, 11) is -3.76. The number of rotatable bonds is 8. The molecule has 0 saturated heterocycles. The van der Waals surface area contributed by atoms with Gasteiger partial charge in [0.1, 0.15) is 27.9 Å². The summed E-state index contributed by atoms with van der Waals surface area (Å²) in [5, 5.41) is 7.54. The Morgan fingerprint density at radius 3 is 2.46 bits per heavy atom. The van der Waals surface area contributed by atoms with Crippen molar-refractivity contribution in [1.82, 2.24) is 0 Å². The Balaban J connectivity index is 2.28. The second-order valence-corrected chi connectivity index (χ2v) is 9.98. The van der Waals surface area contributed by atoms with Crippen molar-refractivity contribution in [3.8, 4) is 11.5 Å². The van der Waals surface area contributed by atoms with E-state index in [1.54, 1.807) is 6.92 Å². The number of hydrogen-bond acceptors (Lipinski definition) is 4. The van der Waals surface area contributed by atoms with Crippen LogP contribution in [0, 0.1) is 11.2 Å². The monoisotopic (exact) mass is 406 g/mol. The number of halogens is 1. The number of benzene rings is 2. The first-order valence-electron chi connectivity index (χ1n) is 9.11. The van der Waals surface area contributed by atoms with Crippen LogP contribution < -0.4 is 10.5 Å². The number of aryl methyl sites for hydroxylation is 1. The summed E-state index contributed by atoms with van der Waals surface area (Å²) in [6, 6.07) is 11.9. The average molecular weight is 407 g/mol. The van der Waals surface area contributed by atoms with Crippen LogP contribution >= 0.6 is 0 Å². The fraction of sp³-hybridized carbons (Fsp3) is 0.381. The molecule has 0 bridgehead atoms. The van der Waals surface area contributed by atoms with Crippen molar-refractivity contribution in [2.24, 2.45) is 5.73 Å². The number of nitrogens with one attached hydrogen (secondary N) is 1. The van der Waals surface area contributed by atoms with Crippen molar-refractivity contribution in [3.63, 3.8) is 0 Å². The molecule has 0 spiro atoms. The summed E-state index contributed by atoms with van der Waals surface area (Å²) in [6.45, 7) is 6.44. The van der Waals surface area contributed by atoms with E-state index >= 15 is 0 Å². The molecule has 0 amide bonds. The van der Waals surface area contributed by atoms with Gasteiger partial charge in [-0.05, 0) is 67.6 Å². The minimum Gasteiger partial charge on any atom is -0.457 e. The number of ether oxygens (including phenoxy) is 1. The Morgan fingerprint density at radius 2 is 1.86 bits per heavy atom. The van der Waals surface area contributed by atoms with E-state index in [2.05, 4.69) is 0 Å². The van der Waals surface area contributed by atoms with E-state index in [9.17, 15) is 12.8 Å². The van der Waals surface area contributed by atoms with Crippen LogP contribution in [0.2, 0.25) is 0 Å². The van der Waals surface area contributed by atoms with E-state index in [4.69, 9.17) is 15.9 Å². The smallest absolute Gasteiger partial charge is 0.163 e. The summed E-state index contributed by atoms with van der Waals surface area (Å²) < 4.78 is 44.0. The van der Waals surface area contributed by atoms with Crippen molar-refractivity contribution in [1.29, 1.82) is 5.41 Å². The molecule has 1 atom stereocenters. The lowest BCUT2D eigenvalue weighted by atomic mass is 10.0. The largest absolute Gasteiger partial charge is 0.457 e. The van der Waals surface area contributed by atoms with Gasteiger partial charge in [0.2, 0.25) is 0 Å². The first-order valence-corrected chi connectivity index (χ1v) is 10.8. The fourth-order valence-corrected chi connectivity index (χ4v) is 4.31. The topological polar surface area (TPSA) is 93.2 Å². The highest BCUT2D eigenvalue weighted by Crippen LogP contribution is 2.30. The molecule has 7 heteroatoms. The molecule has 152 valence electrons. The van der Waals surface area contributed by atoms with E-state index < -0.39 is 32.2 Å². The number of sulfone groups is 1. The quantitative estimate of drug-likeness (QED) is 0.501. The van der Waals surface area contributed by atoms with Gasteiger partial charge in [0.15, 0.2) is 9.84 Å². The highest BCUT2D eigenvalue weighted by molar-refractivity contribution is 7.93. The number of nitrogens with two attached hydrogens (primary N) is 1. The van der Waals surface area contributed by atoms with Crippen molar-refractivity contribution in [3.05, 3.63) is 59.4 Å². The van der Waals surface area contributed by atoms with E-state index in [0.29, 0.717) is 11.5 Å². The minimum absolute atomic E-state index is 0.243. The molecule has 0 aliphatic heterocycles. The van der Waals surface area contributed by atoms with Gasteiger partial charge in [0.25, 0.3) is 0 Å². The molecule has 2 rings (SSSR count). The molecule has 0 aromatic heterocycles. The molecule has 0 radical (unpaired) electrons. The normalized spacial score (nSPS) is 13.2. The van der Waals surface area contributed by atoms with Crippen LogP contribution in [0.15, 0.2) is 42.5 Å². The van der Waals surface area contributed by atoms with Gasteiger partial charge in [-0.25, -0.2) is 12.8 Å². The van der Waals surface area contributed by atoms with E-state index in [0.717, 1.165) is 12.0 Å². The van der Waals surface area contributed by atoms with Gasteiger partial charge in [0.05, 0.1) is 5.75 Å². The predicted octanol–water partition coefficient (Wildman–Crippen LogP) is 4.41. The van der Waals surface area contributed by atoms with Crippen molar-refractivity contribution in [2.75, 3.05) is 5.75 Å². The van der Waals surface area contributed by atoms with Crippen LogP contribution in [-0.2, 0) is 16.3 Å². The first kappa shape index (κ1) is 21.9. The van der Waals surface area contributed by atoms with Gasteiger partial charge in [-0.15, -0.1) is 0 Å². The van der Waals surface area contributed by atoms with E-state index in [1.165, 1.54) is 32.0 Å². The molecular weight excluding hydrogens is 379 g/mol.